The number of carbonyl (C=O) groups is 2. The van der Waals surface area contributed by atoms with Crippen LogP contribution >= 0.6 is 0 Å². The molecular formula is C28H50N2O27S2. The average molecular weight is 911 g/mol. The third-order valence-corrected chi connectivity index (χ3v) is 9.92. The Kier molecular flexibility index (Phi) is 19.0. The van der Waals surface area contributed by atoms with Gasteiger partial charge < -0.3 is 95.2 Å². The normalized spacial score (nSPS) is 37.8. The molecule has 3 aliphatic rings. The summed E-state index contributed by atoms with van der Waals surface area (Å²) in [6.07, 6.45) is -34.5. The van der Waals surface area contributed by atoms with Crippen LogP contribution in [-0.4, -0.2) is 243 Å². The summed E-state index contributed by atoms with van der Waals surface area (Å²) in [4.78, 5) is 24.1. The van der Waals surface area contributed by atoms with Gasteiger partial charge in [-0.3, -0.25) is 18.7 Å². The number of nitrogens with one attached hydrogen (secondary N) is 2. The summed E-state index contributed by atoms with van der Waals surface area (Å²) in [5.41, 5.74) is 0. The van der Waals surface area contributed by atoms with Gasteiger partial charge in [-0.1, -0.05) is 0 Å². The third kappa shape index (κ3) is 14.3. The molecule has 3 heterocycles. The van der Waals surface area contributed by atoms with Gasteiger partial charge in [0.25, 0.3) is 0 Å². The van der Waals surface area contributed by atoms with Crippen LogP contribution in [0.5, 0.6) is 0 Å². The fourth-order valence-corrected chi connectivity index (χ4v) is 6.74. The van der Waals surface area contributed by atoms with Crippen LogP contribution in [-0.2, 0) is 67.2 Å². The largest absolute Gasteiger partial charge is 0.397 e. The fraction of sp³-hybridized carbons (Fsp3) is 0.929. The van der Waals surface area contributed by atoms with E-state index in [9.17, 15) is 87.1 Å². The second kappa shape index (κ2) is 21.9. The maximum absolute atomic E-state index is 12.2. The van der Waals surface area contributed by atoms with Crippen LogP contribution in [0.3, 0.4) is 0 Å². The maximum Gasteiger partial charge on any atom is 0.397 e. The zero-order valence-electron chi connectivity index (χ0n) is 30.9. The monoisotopic (exact) mass is 910 g/mol. The van der Waals surface area contributed by atoms with E-state index in [1.807, 2.05) is 0 Å². The van der Waals surface area contributed by atoms with Gasteiger partial charge in [-0.25, -0.2) is 8.37 Å². The molecule has 0 aromatic heterocycles. The van der Waals surface area contributed by atoms with E-state index in [2.05, 4.69) is 19.0 Å². The Morgan fingerprint density at radius 3 is 1.69 bits per heavy atom. The van der Waals surface area contributed by atoms with Gasteiger partial charge in [0, 0.05) is 13.8 Å². The predicted octanol–water partition coefficient (Wildman–Crippen LogP) is -10.2. The Bertz CT molecular complexity index is 1580. The minimum absolute atomic E-state index is 0.805. The topological polar surface area (TPSA) is 463 Å². The Labute approximate surface area is 334 Å². The van der Waals surface area contributed by atoms with Gasteiger partial charge in [-0.15, -0.1) is 0 Å². The zero-order valence-corrected chi connectivity index (χ0v) is 32.5. The first kappa shape index (κ1) is 51.4. The fourth-order valence-electron chi connectivity index (χ4n) is 6.13. The first-order chi connectivity index (χ1) is 27.3. The minimum atomic E-state index is -5.29. The quantitative estimate of drug-likeness (QED) is 0.0504. The molecule has 31 heteroatoms. The molecule has 0 saturated carbocycles. The first-order valence-electron chi connectivity index (χ1n) is 17.3. The van der Waals surface area contributed by atoms with Crippen molar-refractivity contribution in [3.8, 4) is 0 Å². The summed E-state index contributed by atoms with van der Waals surface area (Å²) in [5, 5.41) is 120. The molecule has 59 heavy (non-hydrogen) atoms. The number of aliphatic hydroxyl groups excluding tert-OH is 11. The van der Waals surface area contributed by atoms with E-state index in [-0.39, 0.29) is 0 Å². The molecule has 0 aromatic carbocycles. The minimum Gasteiger partial charge on any atom is -0.394 e. The molecular weight excluding hydrogens is 860 g/mol. The molecule has 0 aromatic rings. The Morgan fingerprint density at radius 1 is 0.678 bits per heavy atom. The summed E-state index contributed by atoms with van der Waals surface area (Å²) >= 11 is 0. The van der Waals surface area contributed by atoms with Crippen LogP contribution in [0.2, 0.25) is 0 Å². The van der Waals surface area contributed by atoms with E-state index in [0.29, 0.717) is 0 Å². The summed E-state index contributed by atoms with van der Waals surface area (Å²) < 4.78 is 105. The molecule has 0 radical (unpaired) electrons. The molecule has 0 unspecified atom stereocenters. The molecule has 346 valence electrons. The number of aliphatic hydroxyl groups is 11. The van der Waals surface area contributed by atoms with Crippen LogP contribution in [0.1, 0.15) is 13.8 Å². The highest BCUT2D eigenvalue weighted by molar-refractivity contribution is 7.81. The van der Waals surface area contributed by atoms with Gasteiger partial charge in [0.05, 0.1) is 39.1 Å². The highest BCUT2D eigenvalue weighted by Gasteiger charge is 2.53. The number of ether oxygens (including phenoxy) is 6. The molecule has 19 atom stereocenters. The number of amides is 2. The van der Waals surface area contributed by atoms with E-state index >= 15 is 0 Å². The van der Waals surface area contributed by atoms with Crippen molar-refractivity contribution in [1.82, 2.24) is 10.6 Å². The van der Waals surface area contributed by atoms with Crippen molar-refractivity contribution in [2.45, 2.75) is 130 Å². The van der Waals surface area contributed by atoms with Crippen LogP contribution < -0.4 is 10.6 Å². The van der Waals surface area contributed by atoms with Gasteiger partial charge in [0.15, 0.2) is 18.9 Å². The van der Waals surface area contributed by atoms with E-state index in [4.69, 9.17) is 33.0 Å². The highest BCUT2D eigenvalue weighted by atomic mass is 32.3. The second-order valence-corrected chi connectivity index (χ2v) is 15.7. The lowest BCUT2D eigenvalue weighted by atomic mass is 9.95. The molecule has 0 aliphatic carbocycles. The average Bonchev–Trinajstić information content (AvgIpc) is 3.14. The third-order valence-electron chi connectivity index (χ3n) is 9.05. The van der Waals surface area contributed by atoms with Gasteiger partial charge in [0.1, 0.15) is 91.5 Å². The van der Waals surface area contributed by atoms with E-state index in [1.54, 1.807) is 0 Å². The number of hydrogen-bond acceptors (Lipinski definition) is 25. The van der Waals surface area contributed by atoms with Crippen molar-refractivity contribution >= 4 is 32.6 Å². The summed E-state index contributed by atoms with van der Waals surface area (Å²) in [6, 6.07) is -3.43. The molecule has 29 nitrogen and oxygen atoms in total. The first-order valence-corrected chi connectivity index (χ1v) is 20.0. The van der Waals surface area contributed by atoms with Crippen molar-refractivity contribution in [1.29, 1.82) is 0 Å². The van der Waals surface area contributed by atoms with Crippen LogP contribution in [0.15, 0.2) is 0 Å². The maximum atomic E-state index is 12.2. The predicted molar refractivity (Wildman–Crippen MR) is 180 cm³/mol. The van der Waals surface area contributed by atoms with Crippen molar-refractivity contribution in [2.75, 3.05) is 33.0 Å². The molecule has 15 N–H and O–H groups in total. The van der Waals surface area contributed by atoms with Gasteiger partial charge in [-0.2, -0.15) is 16.8 Å². The lowest BCUT2D eigenvalue weighted by molar-refractivity contribution is -0.349. The summed E-state index contributed by atoms with van der Waals surface area (Å²) in [7, 11) is -10.4. The van der Waals surface area contributed by atoms with Crippen molar-refractivity contribution in [3.63, 3.8) is 0 Å². The van der Waals surface area contributed by atoms with Crippen LogP contribution in [0.25, 0.3) is 0 Å². The molecule has 3 aliphatic heterocycles. The Morgan fingerprint density at radius 2 is 1.19 bits per heavy atom. The Hall–Kier alpha value is -2.00. The lowest BCUT2D eigenvalue weighted by Gasteiger charge is -2.47. The molecule has 3 rings (SSSR count). The SMILES string of the molecule is CC(=O)N[C@H]1[C@H](OC[C@@H](O)[C@H](O)[C@H](O[C@@H]2O[C@H](CO)[C@H](O)[C@H](O)[C@H]2O)[C@H](CO)NC(C)=O)O[C@H](COS(=O)(=O)O)[C@@H](O[C@@H]2O[C@H](COS(=O)(=O)O)[C@H](O)[C@H](O)[C@H]2O)[C@@H]1O. The molecule has 2 amide bonds. The van der Waals surface area contributed by atoms with E-state index in [0.717, 1.165) is 13.8 Å². The van der Waals surface area contributed by atoms with Crippen molar-refractivity contribution in [2.24, 2.45) is 0 Å². The molecule has 3 fully saturated rings. The Balaban J connectivity index is 1.90. The van der Waals surface area contributed by atoms with Gasteiger partial charge in [0.2, 0.25) is 11.8 Å². The number of carbonyl (C=O) groups excluding carboxylic acids is 2. The van der Waals surface area contributed by atoms with Gasteiger partial charge >= 0.3 is 20.8 Å². The van der Waals surface area contributed by atoms with E-state index < -0.39 is 182 Å². The van der Waals surface area contributed by atoms with Crippen LogP contribution in [0.4, 0.5) is 0 Å². The summed E-state index contributed by atoms with van der Waals surface area (Å²) in [5.74, 6) is -1.71. The number of hydrogen-bond donors (Lipinski definition) is 15. The highest BCUT2D eigenvalue weighted by Crippen LogP contribution is 2.31. The van der Waals surface area contributed by atoms with Crippen molar-refractivity contribution in [3.05, 3.63) is 0 Å². The standard InChI is InChI=1S/C28H50N2O27S2/c1-8(33)29-10(3-31)24(56-27-22(42)20(40)17(37)12(4-32)53-27)16(36)11(35)5-50-26-15(30-9(2)34)19(39)25(14(55-26)7-52-59(47,48)49)57-28-23(43)21(41)18(38)13(54-28)6-51-58(44,45)46/h10-28,31-32,35-43H,3-7H2,1-2H3,(H,29,33)(H,30,34)(H,44,45,46)(H,47,48,49)/t10-,11+,12+,13+,14+,15+,16-,17-,18-,19+,20-,21-,22+,23+,24+,25+,26+,27-,28-/m0/s1. The molecule has 0 spiro atoms. The second-order valence-electron chi connectivity index (χ2n) is 13.5. The number of rotatable bonds is 20. The molecule has 3 saturated heterocycles. The smallest absolute Gasteiger partial charge is 0.394 e. The van der Waals surface area contributed by atoms with Crippen LogP contribution in [0, 0.1) is 0 Å². The zero-order chi connectivity index (χ0) is 44.7. The van der Waals surface area contributed by atoms with E-state index in [1.165, 1.54) is 0 Å². The lowest BCUT2D eigenvalue weighted by Crippen LogP contribution is -2.68. The van der Waals surface area contributed by atoms with Gasteiger partial charge in [-0.05, 0) is 0 Å². The molecule has 0 bridgehead atoms. The van der Waals surface area contributed by atoms with Crippen molar-refractivity contribution < 1.29 is 128 Å². The summed E-state index contributed by atoms with van der Waals surface area (Å²) in [6.45, 7) is -3.49.